The summed E-state index contributed by atoms with van der Waals surface area (Å²) < 4.78 is 5.00. The highest BCUT2D eigenvalue weighted by Crippen LogP contribution is 2.37. The monoisotopic (exact) mass is 713 g/mol. The molecule has 266 valence electrons. The predicted octanol–water partition coefficient (Wildman–Crippen LogP) is 7.84. The molecule has 1 aromatic heterocycles. The van der Waals surface area contributed by atoms with E-state index < -0.39 is 0 Å². The van der Waals surface area contributed by atoms with Crippen molar-refractivity contribution < 1.29 is 9.84 Å². The van der Waals surface area contributed by atoms with Gasteiger partial charge in [-0.15, -0.1) is 0 Å². The zero-order valence-corrected chi connectivity index (χ0v) is 31.0. The SMILES string of the molecule is COC([O-])=c1ccc(=C2C3=NC(=C(c4ccc(C)cc4)C4=NC(=C(c5ccc(C)cc5)C5=NC(=C(c6ccc(C)cc6)c6ccc2[nH]6)C=C5)C=C4)C=C3)cc1. The van der Waals surface area contributed by atoms with Crippen LogP contribution in [0.1, 0.15) is 44.8 Å². The van der Waals surface area contributed by atoms with E-state index >= 15 is 0 Å². The molecular formula is C49H37N4O2-. The maximum absolute atomic E-state index is 12.4. The molecule has 0 fully saturated rings. The van der Waals surface area contributed by atoms with Crippen molar-refractivity contribution in [3.63, 3.8) is 0 Å². The number of H-pyrrole nitrogens is 1. The van der Waals surface area contributed by atoms with E-state index in [0.717, 1.165) is 89.8 Å². The van der Waals surface area contributed by atoms with E-state index in [9.17, 15) is 5.11 Å². The fourth-order valence-corrected chi connectivity index (χ4v) is 7.40. The van der Waals surface area contributed by atoms with Crippen molar-refractivity contribution >= 4 is 45.4 Å². The van der Waals surface area contributed by atoms with Gasteiger partial charge in [-0.1, -0.05) is 114 Å². The molecule has 4 aromatic carbocycles. The minimum Gasteiger partial charge on any atom is -0.616 e. The van der Waals surface area contributed by atoms with E-state index in [4.69, 9.17) is 19.7 Å². The first-order valence-corrected chi connectivity index (χ1v) is 18.3. The second-order valence-corrected chi connectivity index (χ2v) is 14.1. The summed E-state index contributed by atoms with van der Waals surface area (Å²) in [5.41, 5.74) is 17.2. The first-order chi connectivity index (χ1) is 26.8. The van der Waals surface area contributed by atoms with Crippen molar-refractivity contribution in [1.82, 2.24) is 4.98 Å². The number of fused-ring (bicyclic) bond motifs is 5. The summed E-state index contributed by atoms with van der Waals surface area (Å²) in [5, 5.41) is 13.8. The van der Waals surface area contributed by atoms with Crippen LogP contribution in [0, 0.1) is 20.8 Å². The third-order valence-corrected chi connectivity index (χ3v) is 10.3. The summed E-state index contributed by atoms with van der Waals surface area (Å²) in [5.74, 6) is -0.383. The fraction of sp³-hybridized carbons (Fsp3) is 0.0816. The zero-order chi connectivity index (χ0) is 37.6. The van der Waals surface area contributed by atoms with Gasteiger partial charge in [-0.25, -0.2) is 15.0 Å². The second-order valence-electron chi connectivity index (χ2n) is 14.1. The van der Waals surface area contributed by atoms with Gasteiger partial charge in [-0.2, -0.15) is 0 Å². The van der Waals surface area contributed by atoms with E-state index in [1.807, 2.05) is 12.1 Å². The van der Waals surface area contributed by atoms with Gasteiger partial charge in [0.05, 0.1) is 40.2 Å². The van der Waals surface area contributed by atoms with Gasteiger partial charge in [-0.05, 0) is 104 Å². The van der Waals surface area contributed by atoms with Gasteiger partial charge in [0.1, 0.15) is 0 Å². The average molecular weight is 714 g/mol. The van der Waals surface area contributed by atoms with Crippen LogP contribution in [0.2, 0.25) is 0 Å². The van der Waals surface area contributed by atoms with Crippen molar-refractivity contribution in [3.05, 3.63) is 218 Å². The number of aromatic nitrogens is 1. The number of nitrogens with zero attached hydrogens (tertiary/aromatic N) is 3. The highest BCUT2D eigenvalue weighted by Gasteiger charge is 2.26. The molecule has 5 aromatic rings. The molecular weight excluding hydrogens is 677 g/mol. The molecule has 0 amide bonds. The summed E-state index contributed by atoms with van der Waals surface area (Å²) in [6, 6.07) is 37.3. The van der Waals surface area contributed by atoms with Crippen LogP contribution in [0.15, 0.2) is 178 Å². The average Bonchev–Trinajstić information content (AvgIpc) is 4.05. The molecule has 6 nitrogen and oxygen atoms in total. The predicted molar refractivity (Wildman–Crippen MR) is 223 cm³/mol. The maximum Gasteiger partial charge on any atom is 0.0738 e. The molecule has 0 saturated carbocycles. The highest BCUT2D eigenvalue weighted by molar-refractivity contribution is 6.37. The number of allylic oxidation sites excluding steroid dienone is 8. The Hall–Kier alpha value is -7.05. The van der Waals surface area contributed by atoms with Gasteiger partial charge >= 0.3 is 0 Å². The minimum atomic E-state index is -0.383. The normalized spacial score (nSPS) is 15.9. The van der Waals surface area contributed by atoms with Crippen LogP contribution in [0.5, 0.6) is 0 Å². The quantitative estimate of drug-likeness (QED) is 0.206. The first-order valence-electron chi connectivity index (χ1n) is 18.3. The number of nitrogens with one attached hydrogen (secondary N) is 1. The van der Waals surface area contributed by atoms with Crippen molar-refractivity contribution in [2.45, 2.75) is 20.8 Å². The number of benzene rings is 4. The van der Waals surface area contributed by atoms with E-state index in [2.05, 4.69) is 147 Å². The van der Waals surface area contributed by atoms with Gasteiger partial charge in [0, 0.05) is 33.7 Å². The number of aromatic amines is 1. The number of aryl methyl sites for hydroxylation is 3. The Morgan fingerprint density at radius 2 is 0.836 bits per heavy atom. The summed E-state index contributed by atoms with van der Waals surface area (Å²) in [6.07, 6.45) is 12.5. The van der Waals surface area contributed by atoms with E-state index in [1.54, 1.807) is 12.1 Å². The summed E-state index contributed by atoms with van der Waals surface area (Å²) in [4.78, 5) is 19.9. The molecule has 0 saturated heterocycles. The number of rotatable bonds is 4. The second kappa shape index (κ2) is 13.7. The molecule has 0 spiro atoms. The molecule has 4 aliphatic rings. The Morgan fingerprint density at radius 3 is 1.27 bits per heavy atom. The molecule has 0 unspecified atom stereocenters. The lowest BCUT2D eigenvalue weighted by molar-refractivity contribution is -0.288. The van der Waals surface area contributed by atoms with Crippen molar-refractivity contribution in [2.75, 3.05) is 7.11 Å². The van der Waals surface area contributed by atoms with Crippen molar-refractivity contribution in [2.24, 2.45) is 15.0 Å². The van der Waals surface area contributed by atoms with Crippen LogP contribution in [0.25, 0.3) is 28.2 Å². The number of hydrogen-bond acceptors (Lipinski definition) is 5. The minimum absolute atomic E-state index is 0.383. The van der Waals surface area contributed by atoms with Crippen LogP contribution in [0.4, 0.5) is 0 Å². The smallest absolute Gasteiger partial charge is 0.0738 e. The summed E-state index contributed by atoms with van der Waals surface area (Å²) in [6.45, 7) is 6.29. The Balaban J connectivity index is 1.37. The third kappa shape index (κ3) is 6.28. The van der Waals surface area contributed by atoms with Gasteiger partial charge in [0.15, 0.2) is 0 Å². The number of methoxy groups -OCH3 is 1. The lowest BCUT2D eigenvalue weighted by atomic mass is 9.97. The molecule has 0 radical (unpaired) electrons. The summed E-state index contributed by atoms with van der Waals surface area (Å²) >= 11 is 0. The van der Waals surface area contributed by atoms with Gasteiger partial charge in [-0.3, -0.25) is 0 Å². The van der Waals surface area contributed by atoms with Crippen molar-refractivity contribution in [3.8, 4) is 0 Å². The topological polar surface area (TPSA) is 85.2 Å². The molecule has 0 aliphatic carbocycles. The maximum atomic E-state index is 12.4. The number of ether oxygens (including phenoxy) is 1. The van der Waals surface area contributed by atoms with Crippen LogP contribution in [0.3, 0.4) is 0 Å². The molecule has 8 bridgehead atoms. The van der Waals surface area contributed by atoms with Crippen LogP contribution in [-0.4, -0.2) is 29.2 Å². The van der Waals surface area contributed by atoms with Gasteiger partial charge < -0.3 is 14.8 Å². The number of hydrogen-bond donors (Lipinski definition) is 1. The molecule has 4 aliphatic heterocycles. The van der Waals surface area contributed by atoms with Crippen LogP contribution < -0.4 is 15.5 Å². The van der Waals surface area contributed by atoms with Gasteiger partial charge in [0.25, 0.3) is 0 Å². The van der Waals surface area contributed by atoms with E-state index in [1.165, 1.54) is 23.8 Å². The number of aliphatic imine (C=N–C) groups is 3. The Labute approximate surface area is 320 Å². The van der Waals surface area contributed by atoms with E-state index in [-0.39, 0.29) is 5.95 Å². The molecule has 9 rings (SSSR count). The Bertz CT molecular complexity index is 2810. The molecule has 0 atom stereocenters. The fourth-order valence-electron chi connectivity index (χ4n) is 7.40. The standard InChI is InChI=1S/C49H38N4O2/c1-29-5-11-32(12-6-29)45-37-21-23-39(50-37)46(33-13-7-30(2)8-14-33)41-25-27-43(52-41)48(35-17-19-36(20-18-35)49(54)55-4)44-28-26-42(53-44)47(40-24-22-38(45)51-40)34-15-9-31(3)10-16-34/h5-28,52,54H,1-4H3/p-1. The highest BCUT2D eigenvalue weighted by atomic mass is 16.6. The Morgan fingerprint density at radius 1 is 0.455 bits per heavy atom. The van der Waals surface area contributed by atoms with Crippen LogP contribution >= 0.6 is 0 Å². The third-order valence-electron chi connectivity index (χ3n) is 10.3. The molecule has 6 heteroatoms. The largest absolute Gasteiger partial charge is 0.616 e. The van der Waals surface area contributed by atoms with Crippen molar-refractivity contribution in [1.29, 1.82) is 0 Å². The van der Waals surface area contributed by atoms with Crippen LogP contribution in [-0.2, 0) is 4.74 Å². The van der Waals surface area contributed by atoms with Gasteiger partial charge in [0.2, 0.25) is 0 Å². The zero-order valence-electron chi connectivity index (χ0n) is 31.0. The van der Waals surface area contributed by atoms with E-state index in [0.29, 0.717) is 5.22 Å². The molecule has 55 heavy (non-hydrogen) atoms. The summed E-state index contributed by atoms with van der Waals surface area (Å²) in [7, 11) is 1.39. The molecule has 1 N–H and O–H groups in total. The lowest BCUT2D eigenvalue weighted by Crippen LogP contribution is -2.21. The molecule has 5 heterocycles. The Kier molecular flexibility index (Phi) is 8.43. The first kappa shape index (κ1) is 33.8. The lowest BCUT2D eigenvalue weighted by Gasteiger charge is -2.13.